The van der Waals surface area contributed by atoms with Crippen molar-refractivity contribution < 1.29 is 0 Å². The SMILES string of the molecule is CC(C)/C=C/CCC[C@@H](C)C(C)C. The van der Waals surface area contributed by atoms with E-state index in [9.17, 15) is 0 Å². The van der Waals surface area contributed by atoms with E-state index in [1.165, 1.54) is 19.3 Å². The fourth-order valence-corrected chi connectivity index (χ4v) is 1.26. The maximum Gasteiger partial charge on any atom is -0.0290 e. The zero-order chi connectivity index (χ0) is 10.3. The number of hydrogen-bond donors (Lipinski definition) is 0. The summed E-state index contributed by atoms with van der Waals surface area (Å²) in [5.41, 5.74) is 0. The molecule has 78 valence electrons. The monoisotopic (exact) mass is 182 g/mol. The maximum absolute atomic E-state index is 2.36. The highest BCUT2D eigenvalue weighted by Gasteiger charge is 2.04. The zero-order valence-electron chi connectivity index (χ0n) is 10.0. The van der Waals surface area contributed by atoms with Crippen molar-refractivity contribution in [3.63, 3.8) is 0 Å². The standard InChI is InChI=1S/C13H26/c1-11(2)9-7-6-8-10-13(5)12(3)4/h7,9,11-13H,6,8,10H2,1-5H3/b9-7+/t13-/m1/s1. The molecule has 0 aliphatic carbocycles. The largest absolute Gasteiger partial charge is 0.0883 e. The van der Waals surface area contributed by atoms with Gasteiger partial charge in [0.05, 0.1) is 0 Å². The van der Waals surface area contributed by atoms with Crippen molar-refractivity contribution in [1.82, 2.24) is 0 Å². The first-order valence-electron chi connectivity index (χ1n) is 5.70. The Labute approximate surface area is 84.4 Å². The summed E-state index contributed by atoms with van der Waals surface area (Å²) in [5.74, 6) is 2.43. The summed E-state index contributed by atoms with van der Waals surface area (Å²) in [7, 11) is 0. The van der Waals surface area contributed by atoms with Gasteiger partial charge >= 0.3 is 0 Å². The summed E-state index contributed by atoms with van der Waals surface area (Å²) < 4.78 is 0. The molecular formula is C13H26. The van der Waals surface area contributed by atoms with Crippen LogP contribution in [0, 0.1) is 17.8 Å². The molecule has 0 aromatic heterocycles. The van der Waals surface area contributed by atoms with Crippen molar-refractivity contribution in [2.24, 2.45) is 17.8 Å². The molecule has 13 heavy (non-hydrogen) atoms. The second-order valence-corrected chi connectivity index (χ2v) is 4.82. The van der Waals surface area contributed by atoms with Crippen LogP contribution in [0.4, 0.5) is 0 Å². The predicted octanol–water partition coefficient (Wildman–Crippen LogP) is 4.66. The minimum atomic E-state index is 0.711. The van der Waals surface area contributed by atoms with Crippen molar-refractivity contribution in [1.29, 1.82) is 0 Å². The van der Waals surface area contributed by atoms with E-state index in [0.29, 0.717) is 5.92 Å². The first-order chi connectivity index (χ1) is 6.04. The molecule has 0 radical (unpaired) electrons. The molecule has 0 bridgehead atoms. The van der Waals surface area contributed by atoms with Crippen molar-refractivity contribution in [2.75, 3.05) is 0 Å². The lowest BCUT2D eigenvalue weighted by Gasteiger charge is -2.14. The van der Waals surface area contributed by atoms with Gasteiger partial charge < -0.3 is 0 Å². The van der Waals surface area contributed by atoms with Gasteiger partial charge in [0, 0.05) is 0 Å². The molecule has 0 amide bonds. The molecule has 0 unspecified atom stereocenters. The molecule has 0 heteroatoms. The normalized spacial score (nSPS) is 14.7. The number of hydrogen-bond acceptors (Lipinski definition) is 0. The van der Waals surface area contributed by atoms with E-state index in [1.807, 2.05) is 0 Å². The minimum absolute atomic E-state index is 0.711. The van der Waals surface area contributed by atoms with Crippen molar-refractivity contribution >= 4 is 0 Å². The summed E-state index contributed by atoms with van der Waals surface area (Å²) in [4.78, 5) is 0. The molecule has 0 heterocycles. The summed E-state index contributed by atoms with van der Waals surface area (Å²) in [6, 6.07) is 0. The molecule has 0 N–H and O–H groups in total. The molecule has 0 aromatic rings. The zero-order valence-corrected chi connectivity index (χ0v) is 10.0. The van der Waals surface area contributed by atoms with Gasteiger partial charge in [0.25, 0.3) is 0 Å². The molecule has 1 atom stereocenters. The number of unbranched alkanes of at least 4 members (excludes halogenated alkanes) is 1. The Morgan fingerprint density at radius 1 is 1.00 bits per heavy atom. The van der Waals surface area contributed by atoms with Crippen LogP contribution in [0.1, 0.15) is 53.9 Å². The molecule has 0 nitrogen and oxygen atoms in total. The molecular weight excluding hydrogens is 156 g/mol. The topological polar surface area (TPSA) is 0 Å². The summed E-state index contributed by atoms with van der Waals surface area (Å²) in [6.07, 6.45) is 8.62. The first kappa shape index (κ1) is 12.7. The molecule has 0 fully saturated rings. The third-order valence-electron chi connectivity index (χ3n) is 2.69. The first-order valence-corrected chi connectivity index (χ1v) is 5.70. The summed E-state index contributed by atoms with van der Waals surface area (Å²) in [6.45, 7) is 11.4. The lowest BCUT2D eigenvalue weighted by molar-refractivity contribution is 0.383. The minimum Gasteiger partial charge on any atom is -0.0883 e. The van der Waals surface area contributed by atoms with Crippen LogP contribution >= 0.6 is 0 Å². The number of allylic oxidation sites excluding steroid dienone is 2. The quantitative estimate of drug-likeness (QED) is 0.414. The van der Waals surface area contributed by atoms with Gasteiger partial charge in [-0.2, -0.15) is 0 Å². The average molecular weight is 182 g/mol. The Kier molecular flexibility index (Phi) is 7.03. The molecule has 0 rings (SSSR count). The Morgan fingerprint density at radius 2 is 1.62 bits per heavy atom. The molecule has 0 saturated carbocycles. The van der Waals surface area contributed by atoms with E-state index in [0.717, 1.165) is 11.8 Å². The lowest BCUT2D eigenvalue weighted by atomic mass is 9.92. The number of rotatable bonds is 6. The highest BCUT2D eigenvalue weighted by molar-refractivity contribution is 4.84. The van der Waals surface area contributed by atoms with E-state index >= 15 is 0 Å². The Morgan fingerprint density at radius 3 is 2.08 bits per heavy atom. The fourth-order valence-electron chi connectivity index (χ4n) is 1.26. The van der Waals surface area contributed by atoms with Gasteiger partial charge in [-0.05, 0) is 30.6 Å². The Balaban J connectivity index is 3.35. The summed E-state index contributed by atoms with van der Waals surface area (Å²) in [5, 5.41) is 0. The van der Waals surface area contributed by atoms with E-state index in [-0.39, 0.29) is 0 Å². The highest BCUT2D eigenvalue weighted by Crippen LogP contribution is 2.17. The van der Waals surface area contributed by atoms with Gasteiger partial charge in [0.2, 0.25) is 0 Å². The van der Waals surface area contributed by atoms with Crippen LogP contribution in [0.3, 0.4) is 0 Å². The third kappa shape index (κ3) is 8.08. The van der Waals surface area contributed by atoms with Gasteiger partial charge in [0.15, 0.2) is 0 Å². The van der Waals surface area contributed by atoms with E-state index in [2.05, 4.69) is 46.8 Å². The highest BCUT2D eigenvalue weighted by atomic mass is 14.1. The van der Waals surface area contributed by atoms with Crippen LogP contribution in [0.15, 0.2) is 12.2 Å². The molecule has 0 aromatic carbocycles. The molecule has 0 saturated heterocycles. The average Bonchev–Trinajstić information content (AvgIpc) is 2.02. The van der Waals surface area contributed by atoms with Gasteiger partial charge in [-0.1, -0.05) is 53.2 Å². The smallest absolute Gasteiger partial charge is 0.0290 e. The van der Waals surface area contributed by atoms with E-state index in [4.69, 9.17) is 0 Å². The van der Waals surface area contributed by atoms with Gasteiger partial charge in [-0.25, -0.2) is 0 Å². The Bertz CT molecular complexity index is 131. The van der Waals surface area contributed by atoms with Crippen molar-refractivity contribution in [2.45, 2.75) is 53.9 Å². The van der Waals surface area contributed by atoms with E-state index < -0.39 is 0 Å². The second kappa shape index (κ2) is 7.17. The van der Waals surface area contributed by atoms with Crippen LogP contribution in [0.25, 0.3) is 0 Å². The lowest BCUT2D eigenvalue weighted by Crippen LogP contribution is -2.02. The van der Waals surface area contributed by atoms with Crippen LogP contribution in [0.2, 0.25) is 0 Å². The second-order valence-electron chi connectivity index (χ2n) is 4.82. The van der Waals surface area contributed by atoms with Gasteiger partial charge in [-0.15, -0.1) is 0 Å². The third-order valence-corrected chi connectivity index (χ3v) is 2.69. The van der Waals surface area contributed by atoms with Crippen molar-refractivity contribution in [3.8, 4) is 0 Å². The van der Waals surface area contributed by atoms with Gasteiger partial charge in [-0.3, -0.25) is 0 Å². The predicted molar refractivity (Wildman–Crippen MR) is 61.8 cm³/mol. The molecule has 0 aliphatic heterocycles. The van der Waals surface area contributed by atoms with Crippen molar-refractivity contribution in [3.05, 3.63) is 12.2 Å². The Hall–Kier alpha value is -0.260. The van der Waals surface area contributed by atoms with Crippen LogP contribution < -0.4 is 0 Å². The van der Waals surface area contributed by atoms with Gasteiger partial charge in [0.1, 0.15) is 0 Å². The molecule has 0 aliphatic rings. The van der Waals surface area contributed by atoms with Crippen LogP contribution in [-0.2, 0) is 0 Å². The van der Waals surface area contributed by atoms with Crippen LogP contribution in [0.5, 0.6) is 0 Å². The molecule has 0 spiro atoms. The maximum atomic E-state index is 2.36. The van der Waals surface area contributed by atoms with E-state index in [1.54, 1.807) is 0 Å². The van der Waals surface area contributed by atoms with Crippen LogP contribution in [-0.4, -0.2) is 0 Å². The fraction of sp³-hybridized carbons (Fsp3) is 0.846. The summed E-state index contributed by atoms with van der Waals surface area (Å²) >= 11 is 0.